The van der Waals surface area contributed by atoms with E-state index in [-0.39, 0.29) is 5.69 Å². The number of aromatic carboxylic acids is 1. The van der Waals surface area contributed by atoms with Gasteiger partial charge in [-0.3, -0.25) is 4.68 Å². The lowest BCUT2D eigenvalue weighted by molar-refractivity contribution is 0.0685. The zero-order valence-corrected chi connectivity index (χ0v) is 10.8. The molecular weight excluding hydrogens is 266 g/mol. The number of fused-ring (bicyclic) bond motifs is 1. The van der Waals surface area contributed by atoms with E-state index in [0.29, 0.717) is 10.7 Å². The number of carboxylic acids is 1. The minimum Gasteiger partial charge on any atom is -0.477 e. The quantitative estimate of drug-likeness (QED) is 0.755. The Bertz CT molecular complexity index is 788. The largest absolute Gasteiger partial charge is 0.477 e. The fourth-order valence-electron chi connectivity index (χ4n) is 2.04. The van der Waals surface area contributed by atoms with Gasteiger partial charge in [-0.2, -0.15) is 5.10 Å². The van der Waals surface area contributed by atoms with Gasteiger partial charge in [0.15, 0.2) is 0 Å². The summed E-state index contributed by atoms with van der Waals surface area (Å²) in [5.74, 6) is -1.000. The highest BCUT2D eigenvalue weighted by molar-refractivity contribution is 6.31. The third-order valence-corrected chi connectivity index (χ3v) is 3.19. The number of rotatable bonds is 2. The minimum absolute atomic E-state index is 0.145. The number of aryl methyl sites for hydroxylation is 1. The zero-order chi connectivity index (χ0) is 13.6. The second-order valence-electron chi connectivity index (χ2n) is 4.26. The SMILES string of the molecule is Cn1nc(-c2cc3cc(Cl)ccc3[nH]2)cc1C(=O)O. The first-order chi connectivity index (χ1) is 9.04. The van der Waals surface area contributed by atoms with E-state index < -0.39 is 5.97 Å². The van der Waals surface area contributed by atoms with Crippen molar-refractivity contribution in [1.29, 1.82) is 0 Å². The maximum atomic E-state index is 11.0. The molecule has 3 aromatic rings. The van der Waals surface area contributed by atoms with Gasteiger partial charge in [-0.1, -0.05) is 11.6 Å². The van der Waals surface area contributed by atoms with E-state index >= 15 is 0 Å². The normalized spacial score (nSPS) is 11.1. The van der Waals surface area contributed by atoms with Crippen LogP contribution >= 0.6 is 11.6 Å². The number of halogens is 1. The summed E-state index contributed by atoms with van der Waals surface area (Å²) in [6, 6.07) is 8.95. The average Bonchev–Trinajstić information content (AvgIpc) is 2.91. The predicted octanol–water partition coefficient (Wildman–Crippen LogP) is 2.92. The van der Waals surface area contributed by atoms with Gasteiger partial charge in [-0.25, -0.2) is 4.79 Å². The van der Waals surface area contributed by atoms with Crippen LogP contribution in [0.1, 0.15) is 10.5 Å². The predicted molar refractivity (Wildman–Crippen MR) is 72.5 cm³/mol. The van der Waals surface area contributed by atoms with Gasteiger partial charge in [0.25, 0.3) is 0 Å². The molecule has 0 fully saturated rings. The maximum absolute atomic E-state index is 11.0. The fourth-order valence-corrected chi connectivity index (χ4v) is 2.22. The fraction of sp³-hybridized carbons (Fsp3) is 0.0769. The van der Waals surface area contributed by atoms with Crippen LogP contribution in [0.25, 0.3) is 22.3 Å². The summed E-state index contributed by atoms with van der Waals surface area (Å²) in [7, 11) is 1.60. The van der Waals surface area contributed by atoms with Crippen LogP contribution in [0.2, 0.25) is 5.02 Å². The number of aromatic amines is 1. The molecule has 0 radical (unpaired) electrons. The summed E-state index contributed by atoms with van der Waals surface area (Å²) in [4.78, 5) is 14.2. The van der Waals surface area contributed by atoms with E-state index in [1.165, 1.54) is 10.7 Å². The van der Waals surface area contributed by atoms with Gasteiger partial charge in [0.1, 0.15) is 11.4 Å². The van der Waals surface area contributed by atoms with Gasteiger partial charge in [0.2, 0.25) is 0 Å². The molecule has 0 amide bonds. The van der Waals surface area contributed by atoms with Crippen LogP contribution in [0.4, 0.5) is 0 Å². The molecule has 0 aliphatic heterocycles. The number of nitrogens with one attached hydrogen (secondary N) is 1. The molecule has 2 N–H and O–H groups in total. The van der Waals surface area contributed by atoms with E-state index in [2.05, 4.69) is 10.1 Å². The highest BCUT2D eigenvalue weighted by Gasteiger charge is 2.14. The van der Waals surface area contributed by atoms with E-state index in [9.17, 15) is 4.79 Å². The first kappa shape index (κ1) is 11.8. The molecule has 0 atom stereocenters. The van der Waals surface area contributed by atoms with Crippen molar-refractivity contribution < 1.29 is 9.90 Å². The maximum Gasteiger partial charge on any atom is 0.354 e. The summed E-state index contributed by atoms with van der Waals surface area (Å²) in [5, 5.41) is 14.8. The molecule has 0 aliphatic carbocycles. The molecule has 3 rings (SSSR count). The van der Waals surface area contributed by atoms with Crippen molar-refractivity contribution in [3.63, 3.8) is 0 Å². The van der Waals surface area contributed by atoms with Crippen LogP contribution in [-0.2, 0) is 7.05 Å². The molecule has 1 aromatic carbocycles. The molecule has 0 spiro atoms. The van der Waals surface area contributed by atoms with Gasteiger partial charge in [0, 0.05) is 29.0 Å². The lowest BCUT2D eigenvalue weighted by Crippen LogP contribution is -2.04. The van der Waals surface area contributed by atoms with Gasteiger partial charge >= 0.3 is 5.97 Å². The number of hydrogen-bond acceptors (Lipinski definition) is 2. The second kappa shape index (κ2) is 4.13. The second-order valence-corrected chi connectivity index (χ2v) is 4.69. The number of carbonyl (C=O) groups is 1. The van der Waals surface area contributed by atoms with Crippen LogP contribution in [0.3, 0.4) is 0 Å². The van der Waals surface area contributed by atoms with Crippen molar-refractivity contribution in [2.75, 3.05) is 0 Å². The summed E-state index contributed by atoms with van der Waals surface area (Å²) in [5.41, 5.74) is 2.43. The van der Waals surface area contributed by atoms with Crippen molar-refractivity contribution in [2.45, 2.75) is 0 Å². The molecule has 96 valence electrons. The number of benzene rings is 1. The van der Waals surface area contributed by atoms with E-state index in [0.717, 1.165) is 16.6 Å². The van der Waals surface area contributed by atoms with Crippen molar-refractivity contribution in [3.8, 4) is 11.4 Å². The topological polar surface area (TPSA) is 70.9 Å². The summed E-state index contributed by atoms with van der Waals surface area (Å²) in [6.07, 6.45) is 0. The van der Waals surface area contributed by atoms with Gasteiger partial charge in [0.05, 0.1) is 5.69 Å². The van der Waals surface area contributed by atoms with Crippen LogP contribution in [0.5, 0.6) is 0 Å². The standard InChI is InChI=1S/C13H10ClN3O2/c1-17-12(13(18)19)6-11(16-17)10-5-7-4-8(14)2-3-9(7)15-10/h2-6,15H,1H3,(H,18,19). The number of hydrogen-bond donors (Lipinski definition) is 2. The average molecular weight is 276 g/mol. The lowest BCUT2D eigenvalue weighted by atomic mass is 10.2. The van der Waals surface area contributed by atoms with Crippen LogP contribution in [-0.4, -0.2) is 25.8 Å². The summed E-state index contributed by atoms with van der Waals surface area (Å²) in [6.45, 7) is 0. The minimum atomic E-state index is -1.000. The van der Waals surface area contributed by atoms with Gasteiger partial charge in [-0.15, -0.1) is 0 Å². The first-order valence-corrected chi connectivity index (χ1v) is 5.98. The number of carboxylic acid groups (broad SMARTS) is 1. The third-order valence-electron chi connectivity index (χ3n) is 2.96. The van der Waals surface area contributed by atoms with Crippen LogP contribution in [0, 0.1) is 0 Å². The van der Waals surface area contributed by atoms with Crippen LogP contribution in [0.15, 0.2) is 30.3 Å². The Labute approximate surface area is 113 Å². The molecule has 0 unspecified atom stereocenters. The zero-order valence-electron chi connectivity index (χ0n) is 10.0. The molecule has 19 heavy (non-hydrogen) atoms. The Hall–Kier alpha value is -2.27. The Kier molecular flexibility index (Phi) is 2.57. The third kappa shape index (κ3) is 1.98. The Morgan fingerprint density at radius 1 is 1.37 bits per heavy atom. The van der Waals surface area contributed by atoms with Gasteiger partial charge in [-0.05, 0) is 24.3 Å². The highest BCUT2D eigenvalue weighted by Crippen LogP contribution is 2.25. The molecule has 0 saturated carbocycles. The van der Waals surface area contributed by atoms with Gasteiger partial charge < -0.3 is 10.1 Å². The molecular formula is C13H10ClN3O2. The van der Waals surface area contributed by atoms with Crippen molar-refractivity contribution in [3.05, 3.63) is 41.0 Å². The molecule has 2 aromatic heterocycles. The lowest BCUT2D eigenvalue weighted by Gasteiger charge is -1.91. The molecule has 6 heteroatoms. The summed E-state index contributed by atoms with van der Waals surface area (Å²) < 4.78 is 1.34. The number of aromatic nitrogens is 3. The number of H-pyrrole nitrogens is 1. The van der Waals surface area contributed by atoms with Crippen molar-refractivity contribution in [2.24, 2.45) is 7.05 Å². The van der Waals surface area contributed by atoms with Crippen molar-refractivity contribution >= 4 is 28.5 Å². The molecule has 5 nitrogen and oxygen atoms in total. The molecule has 2 heterocycles. The van der Waals surface area contributed by atoms with Crippen molar-refractivity contribution in [1.82, 2.24) is 14.8 Å². The molecule has 0 saturated heterocycles. The summed E-state index contributed by atoms with van der Waals surface area (Å²) >= 11 is 5.93. The van der Waals surface area contributed by atoms with Crippen LogP contribution < -0.4 is 0 Å². The highest BCUT2D eigenvalue weighted by atomic mass is 35.5. The monoisotopic (exact) mass is 275 g/mol. The van der Waals surface area contributed by atoms with E-state index in [4.69, 9.17) is 16.7 Å². The van der Waals surface area contributed by atoms with E-state index in [1.807, 2.05) is 18.2 Å². The Balaban J connectivity index is 2.13. The Morgan fingerprint density at radius 2 is 2.16 bits per heavy atom. The smallest absolute Gasteiger partial charge is 0.354 e. The Morgan fingerprint density at radius 3 is 2.84 bits per heavy atom. The molecule has 0 bridgehead atoms. The van der Waals surface area contributed by atoms with E-state index in [1.54, 1.807) is 13.1 Å². The molecule has 0 aliphatic rings. The first-order valence-electron chi connectivity index (χ1n) is 5.60. The number of nitrogens with zero attached hydrogens (tertiary/aromatic N) is 2.